The zero-order valence-corrected chi connectivity index (χ0v) is 13.7. The topological polar surface area (TPSA) is 49.3 Å². The van der Waals surface area contributed by atoms with Gasteiger partial charge in [-0.2, -0.15) is 0 Å². The minimum Gasteiger partial charge on any atom is -0.383 e. The lowest BCUT2D eigenvalue weighted by Crippen LogP contribution is -2.38. The van der Waals surface area contributed by atoms with Crippen molar-refractivity contribution in [3.8, 4) is 0 Å². The predicted octanol–water partition coefficient (Wildman–Crippen LogP) is 3.82. The molecule has 1 atom stereocenters. The van der Waals surface area contributed by atoms with Gasteiger partial charge in [0.15, 0.2) is 0 Å². The smallest absolute Gasteiger partial charge is 0.257 e. The molecule has 3 nitrogen and oxygen atoms in total. The van der Waals surface area contributed by atoms with Gasteiger partial charge in [-0.05, 0) is 36.6 Å². The Kier molecular flexibility index (Phi) is 4.34. The van der Waals surface area contributed by atoms with Gasteiger partial charge in [0, 0.05) is 9.58 Å². The molecule has 0 saturated carbocycles. The number of benzene rings is 2. The standard InChI is InChI=1S/C18H15F2NO2S/c1-18(23,15-9-11-5-2-3-8-14(11)24-15)10-21-17(22)16-12(19)6-4-7-13(16)20/h2-9,23H,10H2,1H3,(H,21,22)/t18-/m0/s1. The maximum absolute atomic E-state index is 13.6. The van der Waals surface area contributed by atoms with Crippen molar-refractivity contribution in [2.24, 2.45) is 0 Å². The normalized spacial score (nSPS) is 13.7. The Hall–Kier alpha value is -2.31. The number of amides is 1. The van der Waals surface area contributed by atoms with Crippen LogP contribution in [0.1, 0.15) is 22.2 Å². The van der Waals surface area contributed by atoms with E-state index >= 15 is 0 Å². The third-order valence-corrected chi connectivity index (χ3v) is 5.11. The molecule has 0 aliphatic rings. The summed E-state index contributed by atoms with van der Waals surface area (Å²) >= 11 is 1.41. The molecule has 0 bridgehead atoms. The Balaban J connectivity index is 1.78. The first-order valence-corrected chi connectivity index (χ1v) is 8.14. The van der Waals surface area contributed by atoms with E-state index in [0.717, 1.165) is 22.2 Å². The Labute approximate surface area is 141 Å². The van der Waals surface area contributed by atoms with E-state index in [-0.39, 0.29) is 6.54 Å². The minimum atomic E-state index is -1.35. The van der Waals surface area contributed by atoms with Crippen molar-refractivity contribution in [3.05, 3.63) is 70.6 Å². The maximum atomic E-state index is 13.6. The SMILES string of the molecule is C[C@](O)(CNC(=O)c1c(F)cccc1F)c1cc2ccccc2s1. The van der Waals surface area contributed by atoms with Crippen LogP contribution in [0.4, 0.5) is 8.78 Å². The number of carbonyl (C=O) groups excluding carboxylic acids is 1. The van der Waals surface area contributed by atoms with Gasteiger partial charge >= 0.3 is 0 Å². The molecule has 0 spiro atoms. The van der Waals surface area contributed by atoms with Gasteiger partial charge < -0.3 is 10.4 Å². The van der Waals surface area contributed by atoms with Crippen LogP contribution >= 0.6 is 11.3 Å². The number of fused-ring (bicyclic) bond motifs is 1. The molecule has 0 aliphatic heterocycles. The maximum Gasteiger partial charge on any atom is 0.257 e. The summed E-state index contributed by atoms with van der Waals surface area (Å²) in [6.45, 7) is 1.39. The van der Waals surface area contributed by atoms with Gasteiger partial charge in [-0.1, -0.05) is 24.3 Å². The van der Waals surface area contributed by atoms with Crippen molar-refractivity contribution in [3.63, 3.8) is 0 Å². The van der Waals surface area contributed by atoms with Crippen LogP contribution in [0.2, 0.25) is 0 Å². The number of carbonyl (C=O) groups is 1. The highest BCUT2D eigenvalue weighted by molar-refractivity contribution is 7.19. The number of thiophene rings is 1. The summed E-state index contributed by atoms with van der Waals surface area (Å²) in [5.74, 6) is -2.77. The summed E-state index contributed by atoms with van der Waals surface area (Å²) in [5, 5.41) is 14.0. The van der Waals surface area contributed by atoms with E-state index in [4.69, 9.17) is 0 Å². The summed E-state index contributed by atoms with van der Waals surface area (Å²) in [7, 11) is 0. The van der Waals surface area contributed by atoms with Gasteiger partial charge in [-0.15, -0.1) is 11.3 Å². The minimum absolute atomic E-state index is 0.160. The summed E-state index contributed by atoms with van der Waals surface area (Å²) < 4.78 is 28.3. The highest BCUT2D eigenvalue weighted by Gasteiger charge is 2.27. The fraction of sp³-hybridized carbons (Fsp3) is 0.167. The molecular weight excluding hydrogens is 332 g/mol. The second-order valence-electron chi connectivity index (χ2n) is 5.70. The van der Waals surface area contributed by atoms with E-state index in [0.29, 0.717) is 4.88 Å². The Morgan fingerprint density at radius 3 is 2.50 bits per heavy atom. The van der Waals surface area contributed by atoms with Crippen LogP contribution in [0.15, 0.2) is 48.5 Å². The largest absolute Gasteiger partial charge is 0.383 e. The summed E-state index contributed by atoms with van der Waals surface area (Å²) in [6, 6.07) is 12.7. The lowest BCUT2D eigenvalue weighted by atomic mass is 10.0. The molecule has 0 unspecified atom stereocenters. The first kappa shape index (κ1) is 16.5. The van der Waals surface area contributed by atoms with E-state index in [9.17, 15) is 18.7 Å². The molecule has 3 rings (SSSR count). The molecule has 1 amide bonds. The lowest BCUT2D eigenvalue weighted by Gasteiger charge is -2.22. The molecular formula is C18H15F2NO2S. The van der Waals surface area contributed by atoms with Gasteiger partial charge in [0.1, 0.15) is 22.8 Å². The molecule has 1 aromatic heterocycles. The molecule has 1 heterocycles. The van der Waals surface area contributed by atoms with E-state index in [2.05, 4.69) is 5.32 Å². The first-order chi connectivity index (χ1) is 11.4. The molecule has 0 aliphatic carbocycles. The van der Waals surface area contributed by atoms with Crippen molar-refractivity contribution in [2.75, 3.05) is 6.54 Å². The molecule has 2 N–H and O–H groups in total. The molecule has 0 fully saturated rings. The molecule has 24 heavy (non-hydrogen) atoms. The van der Waals surface area contributed by atoms with Crippen molar-refractivity contribution in [1.82, 2.24) is 5.32 Å². The third-order valence-electron chi connectivity index (χ3n) is 3.74. The van der Waals surface area contributed by atoms with E-state index in [1.807, 2.05) is 30.3 Å². The predicted molar refractivity (Wildman–Crippen MR) is 90.1 cm³/mol. The molecule has 3 aromatic rings. The van der Waals surface area contributed by atoms with Crippen molar-refractivity contribution >= 4 is 27.3 Å². The first-order valence-electron chi connectivity index (χ1n) is 7.32. The van der Waals surface area contributed by atoms with Crippen LogP contribution in [-0.4, -0.2) is 17.6 Å². The van der Waals surface area contributed by atoms with E-state index in [1.165, 1.54) is 17.4 Å². The van der Waals surface area contributed by atoms with Gasteiger partial charge in [0.25, 0.3) is 5.91 Å². The van der Waals surface area contributed by atoms with Gasteiger partial charge in [-0.25, -0.2) is 8.78 Å². The van der Waals surface area contributed by atoms with Crippen LogP contribution in [-0.2, 0) is 5.60 Å². The summed E-state index contributed by atoms with van der Waals surface area (Å²) in [6.07, 6.45) is 0. The summed E-state index contributed by atoms with van der Waals surface area (Å²) in [4.78, 5) is 12.7. The molecule has 0 saturated heterocycles. The van der Waals surface area contributed by atoms with Crippen molar-refractivity contribution in [1.29, 1.82) is 0 Å². The number of aliphatic hydroxyl groups is 1. The fourth-order valence-corrected chi connectivity index (χ4v) is 3.50. The average molecular weight is 347 g/mol. The third kappa shape index (κ3) is 3.16. The van der Waals surface area contributed by atoms with Crippen LogP contribution < -0.4 is 5.32 Å². The molecule has 6 heteroatoms. The molecule has 0 radical (unpaired) electrons. The fourth-order valence-electron chi connectivity index (χ4n) is 2.39. The molecule has 2 aromatic carbocycles. The summed E-state index contributed by atoms with van der Waals surface area (Å²) in [5.41, 5.74) is -1.99. The number of hydrogen-bond acceptors (Lipinski definition) is 3. The number of hydrogen-bond donors (Lipinski definition) is 2. The lowest BCUT2D eigenvalue weighted by molar-refractivity contribution is 0.0554. The van der Waals surface area contributed by atoms with Crippen LogP contribution in [0, 0.1) is 11.6 Å². The van der Waals surface area contributed by atoms with Gasteiger partial charge in [-0.3, -0.25) is 4.79 Å². The Morgan fingerprint density at radius 1 is 1.17 bits per heavy atom. The van der Waals surface area contributed by atoms with Crippen molar-refractivity contribution < 1.29 is 18.7 Å². The number of nitrogens with one attached hydrogen (secondary N) is 1. The average Bonchev–Trinajstić information content (AvgIpc) is 2.98. The second kappa shape index (κ2) is 6.30. The van der Waals surface area contributed by atoms with Crippen molar-refractivity contribution in [2.45, 2.75) is 12.5 Å². The monoisotopic (exact) mass is 347 g/mol. The number of rotatable bonds is 4. The van der Waals surface area contributed by atoms with Gasteiger partial charge in [0.2, 0.25) is 0 Å². The quantitative estimate of drug-likeness (QED) is 0.754. The van der Waals surface area contributed by atoms with E-state index in [1.54, 1.807) is 6.92 Å². The van der Waals surface area contributed by atoms with Gasteiger partial charge in [0.05, 0.1) is 6.54 Å². The van der Waals surface area contributed by atoms with E-state index < -0.39 is 28.7 Å². The highest BCUT2D eigenvalue weighted by atomic mass is 32.1. The zero-order valence-electron chi connectivity index (χ0n) is 12.8. The Morgan fingerprint density at radius 2 is 1.83 bits per heavy atom. The number of halogens is 2. The van der Waals surface area contributed by atoms with Crippen LogP contribution in [0.3, 0.4) is 0 Å². The zero-order chi connectivity index (χ0) is 17.3. The van der Waals surface area contributed by atoms with Crippen LogP contribution in [0.5, 0.6) is 0 Å². The molecule has 124 valence electrons. The second-order valence-corrected chi connectivity index (χ2v) is 6.79. The Bertz CT molecular complexity index is 852. The highest BCUT2D eigenvalue weighted by Crippen LogP contribution is 2.32. The van der Waals surface area contributed by atoms with Crippen LogP contribution in [0.25, 0.3) is 10.1 Å².